The molecular formula is C13H15FN2O3S. The van der Waals surface area contributed by atoms with Gasteiger partial charge in [0, 0.05) is 6.04 Å². The van der Waals surface area contributed by atoms with Crippen LogP contribution in [-0.2, 0) is 10.0 Å². The van der Waals surface area contributed by atoms with Gasteiger partial charge < -0.3 is 5.11 Å². The summed E-state index contributed by atoms with van der Waals surface area (Å²) in [4.78, 5) is -0.124. The Kier molecular flexibility index (Phi) is 4.38. The lowest BCUT2D eigenvalue weighted by Gasteiger charge is -2.25. The van der Waals surface area contributed by atoms with Crippen molar-refractivity contribution in [3.63, 3.8) is 0 Å². The number of sulfonamides is 1. The summed E-state index contributed by atoms with van der Waals surface area (Å²) in [7, 11) is -3.78. The second kappa shape index (κ2) is 5.87. The minimum absolute atomic E-state index is 0.124. The quantitative estimate of drug-likeness (QED) is 0.879. The molecule has 0 saturated heterocycles. The summed E-state index contributed by atoms with van der Waals surface area (Å²) in [5.41, 5.74) is -0.299. The zero-order valence-electron chi connectivity index (χ0n) is 10.7. The first-order valence-corrected chi connectivity index (χ1v) is 7.81. The average Bonchev–Trinajstić information content (AvgIpc) is 2.41. The average molecular weight is 298 g/mol. The third kappa shape index (κ3) is 3.33. The number of aliphatic hydroxyl groups excluding tert-OH is 1. The normalized spacial score (nSPS) is 23.2. The highest BCUT2D eigenvalue weighted by Gasteiger charge is 2.25. The predicted octanol–water partition coefficient (Wildman–Crippen LogP) is 1.28. The summed E-state index contributed by atoms with van der Waals surface area (Å²) in [5.74, 6) is -0.743. The van der Waals surface area contributed by atoms with E-state index in [0.717, 1.165) is 18.2 Å². The maximum atomic E-state index is 13.2. The monoisotopic (exact) mass is 298 g/mol. The summed E-state index contributed by atoms with van der Waals surface area (Å²) >= 11 is 0. The molecule has 1 aromatic carbocycles. The summed E-state index contributed by atoms with van der Waals surface area (Å²) in [5, 5.41) is 18.1. The van der Waals surface area contributed by atoms with E-state index >= 15 is 0 Å². The third-order valence-corrected chi connectivity index (χ3v) is 4.91. The van der Waals surface area contributed by atoms with Gasteiger partial charge in [-0.05, 0) is 43.9 Å². The van der Waals surface area contributed by atoms with Crippen molar-refractivity contribution >= 4 is 10.0 Å². The Labute approximate surface area is 117 Å². The van der Waals surface area contributed by atoms with E-state index in [9.17, 15) is 17.9 Å². The fraction of sp³-hybridized carbons (Fsp3) is 0.462. The second-order valence-electron chi connectivity index (χ2n) is 4.88. The highest BCUT2D eigenvalue weighted by atomic mass is 32.2. The van der Waals surface area contributed by atoms with Crippen LogP contribution in [0.5, 0.6) is 0 Å². The van der Waals surface area contributed by atoms with Gasteiger partial charge in [-0.15, -0.1) is 0 Å². The molecule has 0 atom stereocenters. The Morgan fingerprint density at radius 2 is 1.95 bits per heavy atom. The highest BCUT2D eigenvalue weighted by Crippen LogP contribution is 2.21. The molecule has 20 heavy (non-hydrogen) atoms. The first-order valence-electron chi connectivity index (χ1n) is 6.32. The number of aliphatic hydroxyl groups is 1. The first-order chi connectivity index (χ1) is 9.42. The van der Waals surface area contributed by atoms with Crippen molar-refractivity contribution in [1.29, 1.82) is 5.26 Å². The van der Waals surface area contributed by atoms with Gasteiger partial charge >= 0.3 is 0 Å². The van der Waals surface area contributed by atoms with Crippen molar-refractivity contribution in [2.45, 2.75) is 42.7 Å². The van der Waals surface area contributed by atoms with Gasteiger partial charge in [-0.1, -0.05) is 0 Å². The van der Waals surface area contributed by atoms with Gasteiger partial charge in [-0.2, -0.15) is 5.26 Å². The van der Waals surface area contributed by atoms with Gasteiger partial charge in [-0.3, -0.25) is 0 Å². The van der Waals surface area contributed by atoms with E-state index in [1.54, 1.807) is 6.07 Å². The van der Waals surface area contributed by atoms with Gasteiger partial charge in [0.15, 0.2) is 0 Å². The van der Waals surface area contributed by atoms with Gasteiger partial charge in [0.1, 0.15) is 11.9 Å². The van der Waals surface area contributed by atoms with E-state index in [1.165, 1.54) is 0 Å². The van der Waals surface area contributed by atoms with Crippen molar-refractivity contribution in [2.75, 3.05) is 0 Å². The number of hydrogen-bond donors (Lipinski definition) is 2. The number of rotatable bonds is 3. The summed E-state index contributed by atoms with van der Waals surface area (Å²) in [6.45, 7) is 0. The summed E-state index contributed by atoms with van der Waals surface area (Å²) in [6, 6.07) is 4.51. The molecule has 5 nitrogen and oxygen atoms in total. The van der Waals surface area contributed by atoms with Crippen LogP contribution in [-0.4, -0.2) is 25.7 Å². The van der Waals surface area contributed by atoms with Crippen molar-refractivity contribution < 1.29 is 17.9 Å². The molecule has 0 radical (unpaired) electrons. The Balaban J connectivity index is 2.16. The van der Waals surface area contributed by atoms with Gasteiger partial charge in [0.2, 0.25) is 10.0 Å². The van der Waals surface area contributed by atoms with E-state index in [1.807, 2.05) is 0 Å². The van der Waals surface area contributed by atoms with Crippen LogP contribution in [0.2, 0.25) is 0 Å². The molecule has 108 valence electrons. The molecule has 0 heterocycles. The topological polar surface area (TPSA) is 90.2 Å². The number of hydrogen-bond acceptors (Lipinski definition) is 4. The summed E-state index contributed by atoms with van der Waals surface area (Å²) < 4.78 is 40.0. The van der Waals surface area contributed by atoms with Crippen LogP contribution in [0.15, 0.2) is 23.1 Å². The molecule has 0 aliphatic heterocycles. The minimum Gasteiger partial charge on any atom is -0.393 e. The van der Waals surface area contributed by atoms with E-state index < -0.39 is 15.8 Å². The van der Waals surface area contributed by atoms with Crippen LogP contribution < -0.4 is 4.72 Å². The van der Waals surface area contributed by atoms with Crippen LogP contribution in [0, 0.1) is 17.1 Å². The number of halogens is 1. The van der Waals surface area contributed by atoms with E-state index in [-0.39, 0.29) is 22.6 Å². The van der Waals surface area contributed by atoms with Crippen molar-refractivity contribution in [3.8, 4) is 6.07 Å². The smallest absolute Gasteiger partial charge is 0.240 e. The fourth-order valence-electron chi connectivity index (χ4n) is 2.24. The standard InChI is InChI=1S/C13H15FN2O3S/c14-13-6-5-12(7-9(13)8-15)20(18,19)16-10-1-3-11(17)4-2-10/h5-7,10-11,16-17H,1-4H2. The predicted molar refractivity (Wildman–Crippen MR) is 69.7 cm³/mol. The molecule has 2 rings (SSSR count). The molecule has 7 heteroatoms. The lowest BCUT2D eigenvalue weighted by atomic mass is 9.94. The zero-order chi connectivity index (χ0) is 14.8. The fourth-order valence-corrected chi connectivity index (χ4v) is 3.57. The molecule has 1 aliphatic rings. The van der Waals surface area contributed by atoms with Crippen LogP contribution in [0.4, 0.5) is 4.39 Å². The zero-order valence-corrected chi connectivity index (χ0v) is 11.5. The van der Waals surface area contributed by atoms with Crippen LogP contribution in [0.25, 0.3) is 0 Å². The molecule has 0 spiro atoms. The maximum absolute atomic E-state index is 13.2. The number of nitrogens with zero attached hydrogens (tertiary/aromatic N) is 1. The molecule has 0 bridgehead atoms. The van der Waals surface area contributed by atoms with Crippen molar-refractivity contribution in [1.82, 2.24) is 4.72 Å². The minimum atomic E-state index is -3.78. The SMILES string of the molecule is N#Cc1cc(S(=O)(=O)NC2CCC(O)CC2)ccc1F. The first kappa shape index (κ1) is 14.9. The van der Waals surface area contributed by atoms with Crippen molar-refractivity contribution in [2.24, 2.45) is 0 Å². The molecule has 1 aromatic rings. The van der Waals surface area contributed by atoms with Crippen LogP contribution in [0.1, 0.15) is 31.2 Å². The Hall–Kier alpha value is -1.49. The molecule has 0 amide bonds. The second-order valence-corrected chi connectivity index (χ2v) is 6.59. The highest BCUT2D eigenvalue weighted by molar-refractivity contribution is 7.89. The molecule has 1 saturated carbocycles. The molecule has 1 aliphatic carbocycles. The van der Waals surface area contributed by atoms with Crippen molar-refractivity contribution in [3.05, 3.63) is 29.6 Å². The lowest BCUT2D eigenvalue weighted by Crippen LogP contribution is -2.38. The number of nitriles is 1. The largest absolute Gasteiger partial charge is 0.393 e. The molecule has 1 fully saturated rings. The van der Waals surface area contributed by atoms with Crippen LogP contribution in [0.3, 0.4) is 0 Å². The molecule has 0 unspecified atom stereocenters. The van der Waals surface area contributed by atoms with Crippen LogP contribution >= 0.6 is 0 Å². The van der Waals surface area contributed by atoms with Gasteiger partial charge in [-0.25, -0.2) is 17.5 Å². The molecular weight excluding hydrogens is 283 g/mol. The van der Waals surface area contributed by atoms with E-state index in [4.69, 9.17) is 5.26 Å². The summed E-state index contributed by atoms with van der Waals surface area (Å²) in [6.07, 6.45) is 1.87. The number of nitrogens with one attached hydrogen (secondary N) is 1. The lowest BCUT2D eigenvalue weighted by molar-refractivity contribution is 0.120. The van der Waals surface area contributed by atoms with E-state index in [2.05, 4.69) is 4.72 Å². The molecule has 0 aromatic heterocycles. The van der Waals surface area contributed by atoms with Gasteiger partial charge in [0.25, 0.3) is 0 Å². The third-order valence-electron chi connectivity index (χ3n) is 3.39. The van der Waals surface area contributed by atoms with E-state index in [0.29, 0.717) is 25.7 Å². The van der Waals surface area contributed by atoms with Gasteiger partial charge in [0.05, 0.1) is 16.6 Å². The maximum Gasteiger partial charge on any atom is 0.240 e. The number of benzene rings is 1. The Bertz CT molecular complexity index is 632. The molecule has 2 N–H and O–H groups in total. The Morgan fingerprint density at radius 3 is 2.55 bits per heavy atom. The Morgan fingerprint density at radius 1 is 1.30 bits per heavy atom.